The maximum absolute atomic E-state index is 9.22. The van der Waals surface area contributed by atoms with Gasteiger partial charge in [-0.1, -0.05) is 0 Å². The third-order valence-electron chi connectivity index (χ3n) is 0.106. The summed E-state index contributed by atoms with van der Waals surface area (Å²) in [5.41, 5.74) is 0. The molecule has 8 heteroatoms. The van der Waals surface area contributed by atoms with Gasteiger partial charge in [0.1, 0.15) is 0 Å². The third-order valence-corrected chi connectivity index (χ3v) is 0.319. The first-order valence-electron chi connectivity index (χ1n) is 1.21. The molecule has 0 bridgehead atoms. The molecule has 0 fully saturated rings. The Morgan fingerprint density at radius 2 is 1.50 bits per heavy atom. The van der Waals surface area contributed by atoms with E-state index in [4.69, 9.17) is 20.3 Å². The SMILES string of the molecule is NO.O=P(O)(O)OO. The van der Waals surface area contributed by atoms with Crippen molar-refractivity contribution in [1.82, 2.24) is 0 Å². The molecule has 0 radical (unpaired) electrons. The van der Waals surface area contributed by atoms with Crippen LogP contribution < -0.4 is 5.90 Å². The molecule has 8 heavy (non-hydrogen) atoms. The van der Waals surface area contributed by atoms with Crippen molar-refractivity contribution in [3.05, 3.63) is 0 Å². The zero-order chi connectivity index (χ0) is 7.21. The van der Waals surface area contributed by atoms with Crippen molar-refractivity contribution in [2.24, 2.45) is 5.90 Å². The molecule has 0 spiro atoms. The number of hydrogen-bond acceptors (Lipinski definition) is 5. The van der Waals surface area contributed by atoms with E-state index in [-0.39, 0.29) is 0 Å². The van der Waals surface area contributed by atoms with Gasteiger partial charge in [-0.2, -0.15) is 0 Å². The van der Waals surface area contributed by atoms with Crippen molar-refractivity contribution >= 4 is 7.82 Å². The topological polar surface area (TPSA) is 133 Å². The molecule has 52 valence electrons. The normalized spacial score (nSPS) is 9.62. The van der Waals surface area contributed by atoms with Gasteiger partial charge in [0.15, 0.2) is 0 Å². The summed E-state index contributed by atoms with van der Waals surface area (Å²) in [4.78, 5) is 14.9. The summed E-state index contributed by atoms with van der Waals surface area (Å²) in [5.74, 6) is 3.50. The summed E-state index contributed by atoms with van der Waals surface area (Å²) in [6, 6.07) is 0. The Labute approximate surface area is 44.4 Å². The Kier molecular flexibility index (Phi) is 6.98. The molecule has 0 unspecified atom stereocenters. The fourth-order valence-corrected chi connectivity index (χ4v) is 0. The van der Waals surface area contributed by atoms with Crippen LogP contribution in [0.25, 0.3) is 0 Å². The molecule has 0 aromatic rings. The zero-order valence-electron chi connectivity index (χ0n) is 3.63. The van der Waals surface area contributed by atoms with Gasteiger partial charge in [-0.25, -0.2) is 15.7 Å². The smallest absolute Gasteiger partial charge is 0.320 e. The Balaban J connectivity index is 0. The van der Waals surface area contributed by atoms with Gasteiger partial charge in [-0.3, -0.25) is 0 Å². The highest BCUT2D eigenvalue weighted by Crippen LogP contribution is 2.33. The predicted octanol–water partition coefficient (Wildman–Crippen LogP) is -1.10. The van der Waals surface area contributed by atoms with E-state index in [0.29, 0.717) is 0 Å². The first-order chi connectivity index (χ1) is 3.56. The molecule has 0 rings (SSSR count). The Bertz CT molecular complexity index is 72.6. The molecule has 0 aromatic carbocycles. The van der Waals surface area contributed by atoms with Crippen LogP contribution in [0.2, 0.25) is 0 Å². The second kappa shape index (κ2) is 5.13. The molecule has 0 amide bonds. The van der Waals surface area contributed by atoms with E-state index < -0.39 is 7.82 Å². The average molecular weight is 147 g/mol. The molecule has 0 aliphatic carbocycles. The summed E-state index contributed by atoms with van der Waals surface area (Å²) < 4.78 is 11.8. The molecule has 0 aromatic heterocycles. The van der Waals surface area contributed by atoms with Crippen LogP contribution in [-0.2, 0) is 9.24 Å². The Hall–Kier alpha value is -0.0100. The van der Waals surface area contributed by atoms with Crippen LogP contribution in [0, 0.1) is 0 Å². The first-order valence-corrected chi connectivity index (χ1v) is 2.74. The maximum atomic E-state index is 9.22. The van der Waals surface area contributed by atoms with E-state index in [1.807, 2.05) is 0 Å². The van der Waals surface area contributed by atoms with Crippen LogP contribution in [0.15, 0.2) is 0 Å². The Morgan fingerprint density at radius 3 is 1.50 bits per heavy atom. The summed E-state index contributed by atoms with van der Waals surface area (Å²) in [5, 5.41) is 13.6. The first kappa shape index (κ1) is 10.9. The highest BCUT2D eigenvalue weighted by Gasteiger charge is 2.10. The lowest BCUT2D eigenvalue weighted by Crippen LogP contribution is -1.77. The van der Waals surface area contributed by atoms with E-state index in [1.165, 1.54) is 0 Å². The third kappa shape index (κ3) is 16.7. The average Bonchev–Trinajstić information content (AvgIpc) is 1.71. The highest BCUT2D eigenvalue weighted by molar-refractivity contribution is 7.46. The minimum absolute atomic E-state index is 2.60. The second-order valence-corrected chi connectivity index (χ2v) is 1.72. The Morgan fingerprint density at radius 1 is 1.38 bits per heavy atom. The molecular weight excluding hydrogens is 141 g/mol. The molecule has 7 nitrogen and oxygen atoms in total. The molecular formula is H6NO6P. The van der Waals surface area contributed by atoms with Crippen LogP contribution in [0.3, 0.4) is 0 Å². The minimum Gasteiger partial charge on any atom is -0.320 e. The summed E-state index contributed by atoms with van der Waals surface area (Å²) in [7, 11) is -4.59. The number of nitrogens with two attached hydrogens (primary N) is 1. The monoisotopic (exact) mass is 147 g/mol. The van der Waals surface area contributed by atoms with Crippen LogP contribution in [0.1, 0.15) is 0 Å². The van der Waals surface area contributed by atoms with Gasteiger partial charge in [0.05, 0.1) is 0 Å². The summed E-state index contributed by atoms with van der Waals surface area (Å²) in [6.45, 7) is 0. The lowest BCUT2D eigenvalue weighted by Gasteiger charge is -1.90. The van der Waals surface area contributed by atoms with Gasteiger partial charge in [-0.05, 0) is 0 Å². The van der Waals surface area contributed by atoms with Crippen molar-refractivity contribution in [3.8, 4) is 0 Å². The maximum Gasteiger partial charge on any atom is 0.496 e. The number of phosphoric acid groups is 1. The molecule has 0 saturated carbocycles. The van der Waals surface area contributed by atoms with Gasteiger partial charge in [-0.15, -0.1) is 4.67 Å². The van der Waals surface area contributed by atoms with Gasteiger partial charge < -0.3 is 15.0 Å². The number of hydrogen-bond donors (Lipinski definition) is 5. The van der Waals surface area contributed by atoms with Crippen LogP contribution in [0.4, 0.5) is 0 Å². The molecule has 6 N–H and O–H groups in total. The fourth-order valence-electron chi connectivity index (χ4n) is 0. The van der Waals surface area contributed by atoms with E-state index in [0.717, 1.165) is 0 Å². The molecule has 0 saturated heterocycles. The van der Waals surface area contributed by atoms with Crippen molar-refractivity contribution in [1.29, 1.82) is 0 Å². The van der Waals surface area contributed by atoms with Crippen LogP contribution >= 0.6 is 7.82 Å². The standard InChI is InChI=1S/H3NO.H3O5P/c1-2;1-5-6(2,3)4/h2H,1H2;1H,(H2,2,3,4). The van der Waals surface area contributed by atoms with Gasteiger partial charge in [0, 0.05) is 0 Å². The lowest BCUT2D eigenvalue weighted by atomic mass is 13.6. The van der Waals surface area contributed by atoms with Crippen molar-refractivity contribution in [3.63, 3.8) is 0 Å². The minimum atomic E-state index is -4.59. The molecule has 0 aliphatic heterocycles. The molecule has 0 aliphatic rings. The predicted molar refractivity (Wildman–Crippen MR) is 21.7 cm³/mol. The van der Waals surface area contributed by atoms with E-state index in [9.17, 15) is 4.57 Å². The van der Waals surface area contributed by atoms with Crippen LogP contribution in [-0.4, -0.2) is 20.3 Å². The largest absolute Gasteiger partial charge is 0.496 e. The zero-order valence-corrected chi connectivity index (χ0v) is 4.52. The van der Waals surface area contributed by atoms with Gasteiger partial charge in [0.2, 0.25) is 0 Å². The van der Waals surface area contributed by atoms with E-state index >= 15 is 0 Å². The highest BCUT2D eigenvalue weighted by atomic mass is 31.2. The molecule has 0 atom stereocenters. The van der Waals surface area contributed by atoms with Crippen molar-refractivity contribution < 1.29 is 29.5 Å². The van der Waals surface area contributed by atoms with E-state index in [2.05, 4.69) is 10.6 Å². The van der Waals surface area contributed by atoms with Gasteiger partial charge in [0.25, 0.3) is 0 Å². The van der Waals surface area contributed by atoms with Crippen molar-refractivity contribution in [2.45, 2.75) is 0 Å². The quantitative estimate of drug-likeness (QED) is 0.180. The van der Waals surface area contributed by atoms with E-state index in [1.54, 1.807) is 0 Å². The second-order valence-electron chi connectivity index (χ2n) is 0.572. The summed E-state index contributed by atoms with van der Waals surface area (Å²) in [6.07, 6.45) is 0. The van der Waals surface area contributed by atoms with Crippen molar-refractivity contribution in [2.75, 3.05) is 0 Å². The van der Waals surface area contributed by atoms with Gasteiger partial charge >= 0.3 is 7.82 Å². The molecule has 0 heterocycles. The van der Waals surface area contributed by atoms with Crippen LogP contribution in [0.5, 0.6) is 0 Å². The summed E-state index contributed by atoms with van der Waals surface area (Å²) >= 11 is 0. The number of rotatable bonds is 1. The fraction of sp³-hybridized carbons (Fsp3) is 0. The lowest BCUT2D eigenvalue weighted by molar-refractivity contribution is -0.158.